The van der Waals surface area contributed by atoms with Crippen LogP contribution in [0.4, 0.5) is 5.69 Å². The van der Waals surface area contributed by atoms with Gasteiger partial charge in [-0.2, -0.15) is 0 Å². The summed E-state index contributed by atoms with van der Waals surface area (Å²) in [6.45, 7) is 3.67. The van der Waals surface area contributed by atoms with Gasteiger partial charge in [0.05, 0.1) is 20.6 Å². The molecule has 0 unspecified atom stereocenters. The zero-order valence-corrected chi connectivity index (χ0v) is 28.8. The summed E-state index contributed by atoms with van der Waals surface area (Å²) in [5.74, 6) is -0.905. The van der Waals surface area contributed by atoms with Crippen LogP contribution in [0, 0.1) is 6.92 Å². The number of carbonyl (C=O) groups excluding carboxylic acids is 2. The third-order valence-corrected chi connectivity index (χ3v) is 10.2. The van der Waals surface area contributed by atoms with Crippen molar-refractivity contribution in [3.63, 3.8) is 0 Å². The van der Waals surface area contributed by atoms with E-state index in [4.69, 9.17) is 23.2 Å². The van der Waals surface area contributed by atoms with Gasteiger partial charge in [0.2, 0.25) is 11.8 Å². The number of hydrogen-bond acceptors (Lipinski definition) is 4. The Bertz CT molecular complexity index is 1720. The van der Waals surface area contributed by atoms with Crippen molar-refractivity contribution in [2.75, 3.05) is 17.4 Å². The molecule has 1 N–H and O–H groups in total. The molecule has 4 aromatic rings. The van der Waals surface area contributed by atoms with Crippen molar-refractivity contribution in [2.45, 2.75) is 44.2 Å². The average Bonchev–Trinajstić information content (AvgIpc) is 3.03. The Balaban J connectivity index is 1.80. The van der Waals surface area contributed by atoms with E-state index in [0.717, 1.165) is 19.9 Å². The Kier molecular flexibility index (Phi) is 12.1. The second kappa shape index (κ2) is 15.8. The van der Waals surface area contributed by atoms with Gasteiger partial charge in [-0.1, -0.05) is 100 Å². The monoisotopic (exact) mass is 729 g/mol. The molecular weight excluding hydrogens is 697 g/mol. The van der Waals surface area contributed by atoms with Gasteiger partial charge in [-0.25, -0.2) is 8.42 Å². The van der Waals surface area contributed by atoms with Crippen LogP contribution in [-0.4, -0.2) is 44.3 Å². The highest BCUT2D eigenvalue weighted by atomic mass is 79.9. The van der Waals surface area contributed by atoms with Crippen LogP contribution < -0.4 is 9.62 Å². The van der Waals surface area contributed by atoms with E-state index in [9.17, 15) is 18.0 Å². The van der Waals surface area contributed by atoms with Crippen molar-refractivity contribution in [3.05, 3.63) is 128 Å². The maximum absolute atomic E-state index is 14.5. The lowest BCUT2D eigenvalue weighted by atomic mass is 10.0. The van der Waals surface area contributed by atoms with E-state index in [1.165, 1.54) is 17.0 Å². The first-order valence-corrected chi connectivity index (χ1v) is 17.4. The lowest BCUT2D eigenvalue weighted by molar-refractivity contribution is -0.140. The van der Waals surface area contributed by atoms with Crippen molar-refractivity contribution >= 4 is 66.7 Å². The van der Waals surface area contributed by atoms with Gasteiger partial charge in [0.25, 0.3) is 10.0 Å². The largest absolute Gasteiger partial charge is 0.354 e. The van der Waals surface area contributed by atoms with Crippen molar-refractivity contribution in [3.8, 4) is 0 Å². The van der Waals surface area contributed by atoms with Gasteiger partial charge < -0.3 is 10.2 Å². The Labute approximate surface area is 283 Å². The molecular formula is C34H34BrCl2N3O4S. The van der Waals surface area contributed by atoms with Gasteiger partial charge in [0, 0.05) is 24.0 Å². The fraction of sp³-hybridized carbons (Fsp3) is 0.235. The fourth-order valence-corrected chi connectivity index (χ4v) is 6.73. The molecule has 11 heteroatoms. The predicted molar refractivity (Wildman–Crippen MR) is 184 cm³/mol. The van der Waals surface area contributed by atoms with E-state index in [-0.39, 0.29) is 23.8 Å². The lowest BCUT2D eigenvalue weighted by Crippen LogP contribution is -2.53. The van der Waals surface area contributed by atoms with E-state index in [1.807, 2.05) is 44.2 Å². The number of hydrogen-bond donors (Lipinski definition) is 1. The van der Waals surface area contributed by atoms with Gasteiger partial charge >= 0.3 is 0 Å². The summed E-state index contributed by atoms with van der Waals surface area (Å²) in [5, 5.41) is 3.58. The Morgan fingerprint density at radius 1 is 0.867 bits per heavy atom. The standard InChI is InChI=1S/C34H34BrCl2N3O4S/c1-3-19-38-34(42)32(21-25-7-5-4-6-8-25)39(22-26-11-18-30(36)31(37)20-26)33(41)23-40(28-14-12-27(35)13-15-28)45(43,44)29-16-9-24(2)10-17-29/h4-18,20,32H,3,19,21-23H2,1-2H3,(H,38,42)/t32-/m0/s1. The van der Waals surface area contributed by atoms with Crippen LogP contribution >= 0.6 is 39.1 Å². The third kappa shape index (κ3) is 9.10. The number of sulfonamides is 1. The Morgan fingerprint density at radius 2 is 1.53 bits per heavy atom. The van der Waals surface area contributed by atoms with Crippen LogP contribution in [0.1, 0.15) is 30.0 Å². The molecule has 0 aliphatic carbocycles. The number of amides is 2. The van der Waals surface area contributed by atoms with Gasteiger partial charge in [0.1, 0.15) is 12.6 Å². The number of halogens is 3. The molecule has 0 bridgehead atoms. The van der Waals surface area contributed by atoms with Crippen molar-refractivity contribution < 1.29 is 18.0 Å². The molecule has 0 aliphatic heterocycles. The molecule has 0 saturated carbocycles. The van der Waals surface area contributed by atoms with Gasteiger partial charge in [-0.05, 0) is 73.0 Å². The topological polar surface area (TPSA) is 86.8 Å². The average molecular weight is 732 g/mol. The molecule has 45 heavy (non-hydrogen) atoms. The molecule has 4 aromatic carbocycles. The van der Waals surface area contributed by atoms with Crippen LogP contribution in [0.5, 0.6) is 0 Å². The second-order valence-electron chi connectivity index (χ2n) is 10.6. The van der Waals surface area contributed by atoms with E-state index in [1.54, 1.807) is 54.6 Å². The molecule has 0 heterocycles. The third-order valence-electron chi connectivity index (χ3n) is 7.16. The first kappa shape index (κ1) is 34.5. The van der Waals surface area contributed by atoms with Crippen LogP contribution in [0.2, 0.25) is 10.0 Å². The normalized spacial score (nSPS) is 11.9. The highest BCUT2D eigenvalue weighted by Gasteiger charge is 2.34. The summed E-state index contributed by atoms with van der Waals surface area (Å²) in [4.78, 5) is 29.6. The summed E-state index contributed by atoms with van der Waals surface area (Å²) in [7, 11) is -4.19. The molecule has 0 aromatic heterocycles. The second-order valence-corrected chi connectivity index (χ2v) is 14.2. The summed E-state index contributed by atoms with van der Waals surface area (Å²) < 4.78 is 30.0. The van der Waals surface area contributed by atoms with Crippen molar-refractivity contribution in [1.29, 1.82) is 0 Å². The van der Waals surface area contributed by atoms with Gasteiger partial charge in [-0.3, -0.25) is 13.9 Å². The van der Waals surface area contributed by atoms with Gasteiger partial charge in [-0.15, -0.1) is 0 Å². The van der Waals surface area contributed by atoms with Crippen LogP contribution in [-0.2, 0) is 32.6 Å². The predicted octanol–water partition coefficient (Wildman–Crippen LogP) is 7.43. The molecule has 0 saturated heterocycles. The molecule has 7 nitrogen and oxygen atoms in total. The highest BCUT2D eigenvalue weighted by molar-refractivity contribution is 9.10. The number of carbonyl (C=O) groups is 2. The van der Waals surface area contributed by atoms with Crippen molar-refractivity contribution in [1.82, 2.24) is 10.2 Å². The zero-order chi connectivity index (χ0) is 32.6. The van der Waals surface area contributed by atoms with Gasteiger partial charge in [0.15, 0.2) is 0 Å². The number of benzene rings is 4. The molecule has 0 fully saturated rings. The SMILES string of the molecule is CCCNC(=O)[C@H](Cc1ccccc1)N(Cc1ccc(Cl)c(Cl)c1)C(=O)CN(c1ccc(Br)cc1)S(=O)(=O)c1ccc(C)cc1. The Hall–Kier alpha value is -3.37. The number of anilines is 1. The summed E-state index contributed by atoms with van der Waals surface area (Å²) in [6, 6.07) is 26.6. The molecule has 4 rings (SSSR count). The number of aryl methyl sites for hydroxylation is 1. The van der Waals surface area contributed by atoms with Crippen molar-refractivity contribution in [2.24, 2.45) is 0 Å². The number of nitrogens with one attached hydrogen (secondary N) is 1. The number of nitrogens with zero attached hydrogens (tertiary/aromatic N) is 2. The number of rotatable bonds is 13. The van der Waals surface area contributed by atoms with Crippen LogP contribution in [0.3, 0.4) is 0 Å². The smallest absolute Gasteiger partial charge is 0.264 e. The first-order chi connectivity index (χ1) is 21.5. The van der Waals surface area contributed by atoms with Crippen LogP contribution in [0.25, 0.3) is 0 Å². The summed E-state index contributed by atoms with van der Waals surface area (Å²) in [6.07, 6.45) is 0.920. The van der Waals surface area contributed by atoms with Crippen LogP contribution in [0.15, 0.2) is 106 Å². The first-order valence-electron chi connectivity index (χ1n) is 14.4. The van der Waals surface area contributed by atoms with E-state index < -0.39 is 28.5 Å². The van der Waals surface area contributed by atoms with E-state index in [2.05, 4.69) is 21.2 Å². The molecule has 236 valence electrons. The molecule has 0 radical (unpaired) electrons. The molecule has 0 spiro atoms. The molecule has 1 atom stereocenters. The minimum atomic E-state index is -4.19. The summed E-state index contributed by atoms with van der Waals surface area (Å²) >= 11 is 15.9. The fourth-order valence-electron chi connectivity index (χ4n) is 4.73. The van der Waals surface area contributed by atoms with E-state index in [0.29, 0.717) is 34.3 Å². The minimum absolute atomic E-state index is 0.00841. The quantitative estimate of drug-likeness (QED) is 0.155. The van der Waals surface area contributed by atoms with E-state index >= 15 is 0 Å². The molecule has 0 aliphatic rings. The maximum atomic E-state index is 14.5. The highest BCUT2D eigenvalue weighted by Crippen LogP contribution is 2.28. The maximum Gasteiger partial charge on any atom is 0.264 e. The lowest BCUT2D eigenvalue weighted by Gasteiger charge is -2.34. The zero-order valence-electron chi connectivity index (χ0n) is 24.9. The Morgan fingerprint density at radius 3 is 2.16 bits per heavy atom. The molecule has 2 amide bonds. The minimum Gasteiger partial charge on any atom is -0.354 e. The summed E-state index contributed by atoms with van der Waals surface area (Å²) in [5.41, 5.74) is 2.68.